The first kappa shape index (κ1) is 81.8. The Kier molecular flexibility index (Phi) is 28.8. The molecule has 0 aromatic heterocycles. The molecule has 4 aliphatic heterocycles. The summed E-state index contributed by atoms with van der Waals surface area (Å²) in [6.45, 7) is 18.3. The van der Waals surface area contributed by atoms with Crippen LogP contribution < -0.4 is 25.4 Å². The summed E-state index contributed by atoms with van der Waals surface area (Å²) in [6, 6.07) is 69.9. The molecule has 9 aromatic carbocycles. The minimum atomic E-state index is -4.71. The van der Waals surface area contributed by atoms with Gasteiger partial charge in [-0.1, -0.05) is 190 Å². The number of ether oxygens (including phenoxy) is 2. The molecule has 0 bridgehead atoms. The van der Waals surface area contributed by atoms with Crippen LogP contribution in [0.4, 0.5) is 62.2 Å². The van der Waals surface area contributed by atoms with E-state index in [1.165, 1.54) is 18.4 Å². The number of benzene rings is 9. The summed E-state index contributed by atoms with van der Waals surface area (Å²) in [5.41, 5.74) is 7.01. The van der Waals surface area contributed by atoms with Gasteiger partial charge in [0.2, 0.25) is 6.79 Å². The van der Waals surface area contributed by atoms with E-state index in [4.69, 9.17) is 9.47 Å². The molecule has 14 nitrogen and oxygen atoms in total. The lowest BCUT2D eigenvalue weighted by atomic mass is 9.96. The van der Waals surface area contributed by atoms with Crippen LogP contribution in [0, 0.1) is 12.7 Å². The number of halogens is 7. The number of hydrogen-bond donors (Lipinski definition) is 3. The first-order chi connectivity index (χ1) is 53.5. The van der Waals surface area contributed by atoms with Gasteiger partial charge in [-0.05, 0) is 190 Å². The quantitative estimate of drug-likeness (QED) is 0.0573. The van der Waals surface area contributed by atoms with Gasteiger partial charge >= 0.3 is 30.4 Å². The Hall–Kier alpha value is -10.2. The van der Waals surface area contributed by atoms with Gasteiger partial charge in [-0.15, -0.1) is 0 Å². The highest BCUT2D eigenvalue weighted by molar-refractivity contribution is 5.91. The van der Waals surface area contributed by atoms with Crippen molar-refractivity contribution >= 4 is 35.2 Å². The lowest BCUT2D eigenvalue weighted by Gasteiger charge is -2.41. The summed E-state index contributed by atoms with van der Waals surface area (Å²) in [4.78, 5) is 53.3. The summed E-state index contributed by atoms with van der Waals surface area (Å²) in [5, 5.41) is 8.46. The number of aryl methyl sites for hydroxylation is 1. The monoisotopic (exact) mass is 1520 g/mol. The van der Waals surface area contributed by atoms with Gasteiger partial charge in [-0.3, -0.25) is 4.90 Å². The van der Waals surface area contributed by atoms with E-state index in [-0.39, 0.29) is 48.4 Å². The molecule has 21 heteroatoms. The highest BCUT2D eigenvalue weighted by atomic mass is 19.4. The molecule has 9 aromatic rings. The molecule has 3 atom stereocenters. The Bertz CT molecular complexity index is 4410. The smallest absolute Gasteiger partial charge is 0.416 e. The first-order valence-electron chi connectivity index (χ1n) is 38.7. The molecule has 3 unspecified atom stereocenters. The van der Waals surface area contributed by atoms with E-state index in [9.17, 15) is 45.1 Å². The number of fused-ring (bicyclic) bond motifs is 1. The normalized spacial score (nSPS) is 16.0. The largest absolute Gasteiger partial charge is 0.454 e. The molecule has 3 saturated heterocycles. The third kappa shape index (κ3) is 23.7. The van der Waals surface area contributed by atoms with E-state index in [1.807, 2.05) is 132 Å². The Morgan fingerprint density at radius 3 is 1.40 bits per heavy atom. The summed E-state index contributed by atoms with van der Waals surface area (Å²) < 4.78 is 105. The number of carbonyl (C=O) groups is 3. The van der Waals surface area contributed by atoms with Gasteiger partial charge < -0.3 is 49.9 Å². The lowest BCUT2D eigenvalue weighted by Crippen LogP contribution is -2.50. The van der Waals surface area contributed by atoms with Crippen LogP contribution in [0.5, 0.6) is 11.5 Å². The second-order valence-corrected chi connectivity index (χ2v) is 29.5. The zero-order chi connectivity index (χ0) is 78.4. The van der Waals surface area contributed by atoms with Gasteiger partial charge in [0.25, 0.3) is 0 Å². The van der Waals surface area contributed by atoms with Gasteiger partial charge in [0, 0.05) is 106 Å². The Labute approximate surface area is 648 Å². The van der Waals surface area contributed by atoms with E-state index in [1.54, 1.807) is 22.8 Å². The fraction of sp³-hybridized carbons (Fsp3) is 0.367. The lowest BCUT2D eigenvalue weighted by molar-refractivity contribution is -0.138. The maximum absolute atomic E-state index is 13.9. The number of likely N-dealkylation sites (tertiary alicyclic amines) is 3. The molecule has 6 amide bonds. The zero-order valence-corrected chi connectivity index (χ0v) is 63.9. The first-order valence-corrected chi connectivity index (χ1v) is 38.7. The molecule has 0 spiro atoms. The number of anilines is 3. The van der Waals surface area contributed by atoms with Crippen molar-refractivity contribution in [2.24, 2.45) is 0 Å². The third-order valence-corrected chi connectivity index (χ3v) is 21.6. The third-order valence-electron chi connectivity index (χ3n) is 21.6. The average molecular weight is 1520 g/mol. The number of urea groups is 3. The Balaban J connectivity index is 0.000000165. The van der Waals surface area contributed by atoms with Crippen molar-refractivity contribution in [3.8, 4) is 22.6 Å². The van der Waals surface area contributed by atoms with Crippen molar-refractivity contribution in [2.75, 3.05) is 68.6 Å². The molecule has 3 N–H and O–H groups in total. The number of carbonyl (C=O) groups excluding carboxylic acids is 3. The summed E-state index contributed by atoms with van der Waals surface area (Å²) in [5.74, 6) is 0.901. The van der Waals surface area contributed by atoms with Gasteiger partial charge in [-0.2, -0.15) is 26.3 Å². The van der Waals surface area contributed by atoms with Crippen LogP contribution >= 0.6 is 0 Å². The summed E-state index contributed by atoms with van der Waals surface area (Å²) in [7, 11) is 0. The topological polar surface area (TPSA) is 125 Å². The number of alkyl halides is 6. The van der Waals surface area contributed by atoms with Crippen LogP contribution in [-0.4, -0.2) is 124 Å². The van der Waals surface area contributed by atoms with Crippen LogP contribution in [0.15, 0.2) is 231 Å². The molecular formula is C90H102F7N9O5. The predicted octanol–water partition coefficient (Wildman–Crippen LogP) is 21.6. The second kappa shape index (κ2) is 39.1. The Morgan fingerprint density at radius 2 is 0.892 bits per heavy atom. The zero-order valence-electron chi connectivity index (χ0n) is 63.9. The fourth-order valence-electron chi connectivity index (χ4n) is 15.3. The van der Waals surface area contributed by atoms with E-state index in [0.717, 1.165) is 166 Å². The SMILES string of the molecule is CC(CCN1CCC(N(Cc2ccccc2)C(=O)Nc2cc(F)cc(C(F)(F)F)c2)CC1)c1ccccc1.CCCC(C)N1CCC(N(Cc2ccccc2)C(=O)Nc2cccc(-c3ccccc3)c2)CC1.Cc1cc(NC(=O)N(Cc2ccccc2)C2CCN(C(C)c3ccc4c(c3)OCO4)CC2)cc(C(F)(F)F)c1. The molecular weight excluding hydrogens is 1420 g/mol. The predicted molar refractivity (Wildman–Crippen MR) is 426 cm³/mol. The second-order valence-electron chi connectivity index (χ2n) is 29.5. The molecule has 586 valence electrons. The van der Waals surface area contributed by atoms with Crippen molar-refractivity contribution < 1.29 is 54.6 Å². The number of amides is 6. The Morgan fingerprint density at radius 1 is 0.450 bits per heavy atom. The van der Waals surface area contributed by atoms with Gasteiger partial charge in [0.05, 0.1) is 11.1 Å². The fourth-order valence-corrected chi connectivity index (χ4v) is 15.3. The van der Waals surface area contributed by atoms with Crippen molar-refractivity contribution in [2.45, 2.75) is 161 Å². The van der Waals surface area contributed by atoms with Crippen molar-refractivity contribution in [1.82, 2.24) is 29.4 Å². The molecule has 0 saturated carbocycles. The van der Waals surface area contributed by atoms with E-state index < -0.39 is 41.4 Å². The summed E-state index contributed by atoms with van der Waals surface area (Å²) in [6.07, 6.45) is -0.711. The minimum Gasteiger partial charge on any atom is -0.454 e. The number of piperidine rings is 3. The van der Waals surface area contributed by atoms with Gasteiger partial charge in [0.1, 0.15) is 5.82 Å². The van der Waals surface area contributed by atoms with Crippen LogP contribution in [0.25, 0.3) is 11.1 Å². The van der Waals surface area contributed by atoms with Crippen molar-refractivity contribution in [3.05, 3.63) is 281 Å². The highest BCUT2D eigenvalue weighted by Crippen LogP contribution is 2.39. The van der Waals surface area contributed by atoms with Crippen LogP contribution in [0.2, 0.25) is 0 Å². The van der Waals surface area contributed by atoms with Crippen LogP contribution in [-0.2, 0) is 32.0 Å². The molecule has 0 radical (unpaired) electrons. The molecule has 111 heavy (non-hydrogen) atoms. The minimum absolute atomic E-state index is 0.0193. The number of rotatable bonds is 22. The average Bonchev–Trinajstić information content (AvgIpc) is 1.80. The maximum atomic E-state index is 13.9. The summed E-state index contributed by atoms with van der Waals surface area (Å²) >= 11 is 0. The van der Waals surface area contributed by atoms with E-state index in [2.05, 4.69) is 125 Å². The van der Waals surface area contributed by atoms with E-state index >= 15 is 0 Å². The van der Waals surface area contributed by atoms with Gasteiger partial charge in [0.15, 0.2) is 11.5 Å². The van der Waals surface area contributed by atoms with Crippen molar-refractivity contribution in [3.63, 3.8) is 0 Å². The van der Waals surface area contributed by atoms with Crippen molar-refractivity contribution in [1.29, 1.82) is 0 Å². The standard InChI is InChI=1S/C30H33F4N3O.C30H32F3N3O3.C30H37N3O/c1-22(24-10-6-3-7-11-24)12-15-36-16-13-28(14-17-36)37(21-23-8-4-2-5-9-23)29(38)35-27-19-25(30(32,33)34)18-26(31)20-27;1-20-14-24(30(31,32)33)17-25(15-20)34-29(37)36(18-22-6-4-3-5-7-22)26-10-12-35(13-11-26)21(2)23-8-9-27-28(16-23)39-19-38-27;1-3-11-24(2)32-20-18-29(19-21-32)33(23-25-12-6-4-7-13-25)30(34)31-28-17-10-16-27(22-28)26-14-8-5-9-15-26/h2-11,18-20,22,28H,12-17,21H2,1H3,(H,35,38);3-9,14-17,21,26H,10-13,18-19H2,1-2H3,(H,34,37);4-10,12-17,22,24,29H,3,11,18-21,23H2,1-2H3,(H,31,34). The van der Waals surface area contributed by atoms with Gasteiger partial charge in [-0.25, -0.2) is 18.8 Å². The highest BCUT2D eigenvalue weighted by Gasteiger charge is 2.37. The van der Waals surface area contributed by atoms with Crippen LogP contribution in [0.3, 0.4) is 0 Å². The maximum Gasteiger partial charge on any atom is 0.416 e. The van der Waals surface area contributed by atoms with Crippen LogP contribution in [0.1, 0.15) is 142 Å². The van der Waals surface area contributed by atoms with E-state index in [0.29, 0.717) is 43.2 Å². The molecule has 4 heterocycles. The molecule has 13 rings (SSSR count). The number of hydrogen-bond acceptors (Lipinski definition) is 8. The molecule has 3 fully saturated rings. The number of nitrogens with zero attached hydrogens (tertiary/aromatic N) is 6. The number of nitrogens with one attached hydrogen (secondary N) is 3. The molecule has 0 aliphatic carbocycles. The molecule has 4 aliphatic rings.